The van der Waals surface area contributed by atoms with Crippen molar-refractivity contribution < 1.29 is 19.4 Å². The van der Waals surface area contributed by atoms with Crippen molar-refractivity contribution in [2.24, 2.45) is 0 Å². The predicted molar refractivity (Wildman–Crippen MR) is 68.5 cm³/mol. The molecule has 106 valence electrons. The summed E-state index contributed by atoms with van der Waals surface area (Å²) in [5.74, 6) is -1.42. The minimum absolute atomic E-state index is 0.0682. The largest absolute Gasteiger partial charge is 0.481 e. The van der Waals surface area contributed by atoms with E-state index in [9.17, 15) is 9.59 Å². The zero-order valence-electron chi connectivity index (χ0n) is 11.7. The molecule has 18 heavy (non-hydrogen) atoms. The molecule has 0 spiro atoms. The number of carboxylic acids is 1. The molecule has 0 heterocycles. The van der Waals surface area contributed by atoms with Crippen molar-refractivity contribution in [3.8, 4) is 0 Å². The Labute approximate surface area is 109 Å². The van der Waals surface area contributed by atoms with E-state index in [1.807, 2.05) is 38.0 Å². The van der Waals surface area contributed by atoms with Crippen LogP contribution in [-0.4, -0.2) is 74.2 Å². The van der Waals surface area contributed by atoms with Crippen LogP contribution >= 0.6 is 0 Å². The van der Waals surface area contributed by atoms with Crippen molar-refractivity contribution in [1.82, 2.24) is 9.80 Å². The molecule has 1 unspecified atom stereocenters. The third-order valence-corrected chi connectivity index (χ3v) is 2.31. The summed E-state index contributed by atoms with van der Waals surface area (Å²) >= 11 is 0. The minimum Gasteiger partial charge on any atom is -0.481 e. The molecule has 0 aliphatic carbocycles. The van der Waals surface area contributed by atoms with Gasteiger partial charge in [0.05, 0.1) is 12.8 Å². The van der Waals surface area contributed by atoms with Gasteiger partial charge in [-0.2, -0.15) is 0 Å². The fourth-order valence-electron chi connectivity index (χ4n) is 1.45. The summed E-state index contributed by atoms with van der Waals surface area (Å²) in [4.78, 5) is 25.8. The van der Waals surface area contributed by atoms with Crippen molar-refractivity contribution in [1.29, 1.82) is 0 Å². The second kappa shape index (κ2) is 8.88. The van der Waals surface area contributed by atoms with Crippen molar-refractivity contribution >= 4 is 11.9 Å². The van der Waals surface area contributed by atoms with Crippen LogP contribution in [0.5, 0.6) is 0 Å². The molecule has 1 atom stereocenters. The second-order valence-corrected chi connectivity index (χ2v) is 4.86. The molecule has 6 heteroatoms. The maximum absolute atomic E-state index is 11.5. The van der Waals surface area contributed by atoms with E-state index >= 15 is 0 Å². The smallest absolute Gasteiger partial charge is 0.306 e. The zero-order valence-corrected chi connectivity index (χ0v) is 11.7. The van der Waals surface area contributed by atoms with Crippen molar-refractivity contribution in [3.05, 3.63) is 0 Å². The Morgan fingerprint density at radius 1 is 1.11 bits per heavy atom. The van der Waals surface area contributed by atoms with Crippen LogP contribution in [0.2, 0.25) is 0 Å². The number of ether oxygens (including phenoxy) is 1. The highest BCUT2D eigenvalue weighted by Gasteiger charge is 2.16. The lowest BCUT2D eigenvalue weighted by Crippen LogP contribution is -2.33. The van der Waals surface area contributed by atoms with Gasteiger partial charge in [0.2, 0.25) is 0 Å². The number of carbonyl (C=O) groups excluding carboxylic acids is 1. The maximum atomic E-state index is 11.5. The van der Waals surface area contributed by atoms with Crippen molar-refractivity contribution in [3.63, 3.8) is 0 Å². The Morgan fingerprint density at radius 3 is 2.17 bits per heavy atom. The number of likely N-dealkylation sites (N-methyl/N-ethyl adjacent to an activating group) is 1. The molecule has 0 aromatic rings. The first kappa shape index (κ1) is 16.9. The van der Waals surface area contributed by atoms with E-state index in [4.69, 9.17) is 9.84 Å². The predicted octanol–water partition coefficient (Wildman–Crippen LogP) is 0.276. The van der Waals surface area contributed by atoms with Gasteiger partial charge in [0.15, 0.2) is 0 Å². The molecule has 0 aromatic heterocycles. The quantitative estimate of drug-likeness (QED) is 0.600. The van der Waals surface area contributed by atoms with E-state index in [1.165, 1.54) is 0 Å². The zero-order chi connectivity index (χ0) is 14.1. The van der Waals surface area contributed by atoms with Crippen LogP contribution < -0.4 is 0 Å². The van der Waals surface area contributed by atoms with Gasteiger partial charge in [-0.25, -0.2) is 0 Å². The number of carbonyl (C=O) groups is 2. The van der Waals surface area contributed by atoms with Crippen LogP contribution in [0, 0.1) is 0 Å². The van der Waals surface area contributed by atoms with E-state index in [0.29, 0.717) is 6.54 Å². The Kier molecular flexibility index (Phi) is 8.32. The van der Waals surface area contributed by atoms with Crippen molar-refractivity contribution in [2.45, 2.75) is 25.4 Å². The van der Waals surface area contributed by atoms with Crippen LogP contribution in [0.1, 0.15) is 19.3 Å². The summed E-state index contributed by atoms with van der Waals surface area (Å²) in [7, 11) is 7.74. The van der Waals surface area contributed by atoms with Crippen LogP contribution in [-0.2, 0) is 14.3 Å². The van der Waals surface area contributed by atoms with E-state index in [0.717, 1.165) is 13.0 Å². The first-order valence-corrected chi connectivity index (χ1v) is 6.02. The Hall–Kier alpha value is -1.14. The van der Waals surface area contributed by atoms with E-state index < -0.39 is 11.9 Å². The van der Waals surface area contributed by atoms with Gasteiger partial charge < -0.3 is 19.6 Å². The molecule has 0 aliphatic rings. The molecular formula is C12H24N2O4. The van der Waals surface area contributed by atoms with Gasteiger partial charge in [0.25, 0.3) is 0 Å². The molecule has 0 radical (unpaired) electrons. The maximum Gasteiger partial charge on any atom is 0.306 e. The van der Waals surface area contributed by atoms with Gasteiger partial charge in [-0.1, -0.05) is 0 Å². The summed E-state index contributed by atoms with van der Waals surface area (Å²) in [5.41, 5.74) is 0. The number of carboxylic acid groups (broad SMARTS) is 1. The summed E-state index contributed by atoms with van der Waals surface area (Å²) in [5, 5.41) is 8.50. The number of esters is 1. The van der Waals surface area contributed by atoms with Crippen LogP contribution in [0.3, 0.4) is 0 Å². The molecule has 0 bridgehead atoms. The topological polar surface area (TPSA) is 70.1 Å². The monoisotopic (exact) mass is 260 g/mol. The van der Waals surface area contributed by atoms with Gasteiger partial charge in [-0.15, -0.1) is 0 Å². The molecule has 0 amide bonds. The second-order valence-electron chi connectivity index (χ2n) is 4.86. The molecule has 6 nitrogen and oxygen atoms in total. The van der Waals surface area contributed by atoms with Gasteiger partial charge in [0, 0.05) is 13.1 Å². The first-order valence-electron chi connectivity index (χ1n) is 6.02. The number of rotatable bonds is 9. The fourth-order valence-corrected chi connectivity index (χ4v) is 1.45. The highest BCUT2D eigenvalue weighted by atomic mass is 16.5. The highest BCUT2D eigenvalue weighted by Crippen LogP contribution is 2.04. The molecule has 1 N–H and O–H groups in total. The highest BCUT2D eigenvalue weighted by molar-refractivity contribution is 5.76. The number of hydrogen-bond donors (Lipinski definition) is 1. The molecule has 0 fully saturated rings. The van der Waals surface area contributed by atoms with Crippen LogP contribution in [0.4, 0.5) is 0 Å². The summed E-state index contributed by atoms with van der Waals surface area (Å²) < 4.78 is 5.29. The van der Waals surface area contributed by atoms with E-state index in [1.54, 1.807) is 0 Å². The Morgan fingerprint density at radius 2 is 1.72 bits per heavy atom. The average Bonchev–Trinajstić information content (AvgIpc) is 2.22. The normalized spacial score (nSPS) is 12.8. The molecule has 0 saturated heterocycles. The van der Waals surface area contributed by atoms with Crippen LogP contribution in [0.25, 0.3) is 0 Å². The molecular weight excluding hydrogens is 236 g/mol. The summed E-state index contributed by atoms with van der Waals surface area (Å²) in [6, 6.07) is 0. The lowest BCUT2D eigenvalue weighted by molar-refractivity contribution is -0.153. The molecule has 0 aromatic carbocycles. The van der Waals surface area contributed by atoms with E-state index in [-0.39, 0.29) is 18.9 Å². The Bertz CT molecular complexity index is 267. The SMILES string of the molecule is CN(C)CCC(CN(C)C)OC(=O)CCC(=O)O. The average molecular weight is 260 g/mol. The standard InChI is InChI=1S/C12H24N2O4/c1-13(2)8-7-10(9-14(3)4)18-12(17)6-5-11(15)16/h10H,5-9H2,1-4H3,(H,15,16). The van der Waals surface area contributed by atoms with Gasteiger partial charge in [-0.05, 0) is 34.6 Å². The van der Waals surface area contributed by atoms with E-state index in [2.05, 4.69) is 0 Å². The number of hydrogen-bond acceptors (Lipinski definition) is 5. The fraction of sp³-hybridized carbons (Fsp3) is 0.833. The third kappa shape index (κ3) is 10.0. The lowest BCUT2D eigenvalue weighted by atomic mass is 10.2. The lowest BCUT2D eigenvalue weighted by Gasteiger charge is -2.22. The Balaban J connectivity index is 4.12. The minimum atomic E-state index is -0.982. The van der Waals surface area contributed by atoms with Gasteiger partial charge in [0.1, 0.15) is 6.10 Å². The van der Waals surface area contributed by atoms with Gasteiger partial charge >= 0.3 is 11.9 Å². The molecule has 0 rings (SSSR count). The van der Waals surface area contributed by atoms with Gasteiger partial charge in [-0.3, -0.25) is 9.59 Å². The van der Waals surface area contributed by atoms with Crippen molar-refractivity contribution in [2.75, 3.05) is 41.3 Å². The van der Waals surface area contributed by atoms with Crippen LogP contribution in [0.15, 0.2) is 0 Å². The number of aliphatic carboxylic acids is 1. The third-order valence-electron chi connectivity index (χ3n) is 2.31. The summed E-state index contributed by atoms with van der Waals surface area (Å²) in [6.07, 6.45) is 0.301. The summed E-state index contributed by atoms with van der Waals surface area (Å²) in [6.45, 7) is 1.47. The first-order chi connectivity index (χ1) is 8.31. The number of nitrogens with zero attached hydrogens (tertiary/aromatic N) is 2. The molecule has 0 saturated carbocycles. The molecule has 0 aliphatic heterocycles.